The van der Waals surface area contributed by atoms with Gasteiger partial charge in [0.15, 0.2) is 5.75 Å². The Kier molecular flexibility index (Phi) is 2.78. The van der Waals surface area contributed by atoms with Gasteiger partial charge in [0.25, 0.3) is 0 Å². The Morgan fingerprint density at radius 3 is 2.83 bits per heavy atom. The molecule has 0 aliphatic carbocycles. The van der Waals surface area contributed by atoms with Gasteiger partial charge in [-0.15, -0.1) is 0 Å². The highest BCUT2D eigenvalue weighted by atomic mass is 35.5. The number of nitrogens with zero attached hydrogens (tertiary/aromatic N) is 3. The first kappa shape index (κ1) is 10.9. The number of para-hydroxylation sites is 1. The summed E-state index contributed by atoms with van der Waals surface area (Å²) >= 11 is 5.95. The van der Waals surface area contributed by atoms with Crippen molar-refractivity contribution in [2.75, 3.05) is 0 Å². The number of aromatic nitrogens is 3. The van der Waals surface area contributed by atoms with Gasteiger partial charge in [0.05, 0.1) is 6.20 Å². The largest absolute Gasteiger partial charge is 0.435 e. The van der Waals surface area contributed by atoms with Crippen LogP contribution in [0.3, 0.4) is 0 Å². The molecule has 3 aromatic rings. The number of halogens is 1. The Morgan fingerprint density at radius 1 is 1.06 bits per heavy atom. The van der Waals surface area contributed by atoms with Gasteiger partial charge in [0.1, 0.15) is 16.9 Å². The van der Waals surface area contributed by atoms with Gasteiger partial charge in [-0.3, -0.25) is 4.98 Å². The molecular weight excluding hydrogens is 250 g/mol. The molecule has 0 bridgehead atoms. The second-order valence-electron chi connectivity index (χ2n) is 3.61. The molecule has 0 unspecified atom stereocenters. The summed E-state index contributed by atoms with van der Waals surface area (Å²) in [6.07, 6.45) is 4.60. The van der Waals surface area contributed by atoms with Crippen molar-refractivity contribution in [2.45, 2.75) is 0 Å². The van der Waals surface area contributed by atoms with Crippen LogP contribution in [0.15, 0.2) is 49.1 Å². The van der Waals surface area contributed by atoms with Gasteiger partial charge in [0.2, 0.25) is 5.88 Å². The van der Waals surface area contributed by atoms with Crippen LogP contribution in [0, 0.1) is 0 Å². The van der Waals surface area contributed by atoms with Gasteiger partial charge in [-0.2, -0.15) is 0 Å². The topological polar surface area (TPSA) is 47.9 Å². The molecule has 4 nitrogen and oxygen atoms in total. The summed E-state index contributed by atoms with van der Waals surface area (Å²) in [5.41, 5.74) is 0.773. The number of ether oxygens (including phenoxy) is 1. The quantitative estimate of drug-likeness (QED) is 0.705. The Balaban J connectivity index is 2.08. The molecule has 0 fully saturated rings. The summed E-state index contributed by atoms with van der Waals surface area (Å²) in [5.74, 6) is 0.943. The van der Waals surface area contributed by atoms with E-state index in [2.05, 4.69) is 15.0 Å². The van der Waals surface area contributed by atoms with E-state index in [4.69, 9.17) is 16.3 Å². The predicted octanol–water partition coefficient (Wildman–Crippen LogP) is 3.47. The van der Waals surface area contributed by atoms with Crippen LogP contribution in [0.25, 0.3) is 10.9 Å². The van der Waals surface area contributed by atoms with Crippen LogP contribution in [0.2, 0.25) is 5.02 Å². The van der Waals surface area contributed by atoms with Crippen LogP contribution >= 0.6 is 11.6 Å². The van der Waals surface area contributed by atoms with Crippen molar-refractivity contribution >= 4 is 22.5 Å². The highest BCUT2D eigenvalue weighted by molar-refractivity contribution is 6.31. The summed E-state index contributed by atoms with van der Waals surface area (Å²) in [7, 11) is 0. The SMILES string of the molecule is Clc1cncnc1Oc1cccc2cccnc12. The van der Waals surface area contributed by atoms with Gasteiger partial charge < -0.3 is 4.74 Å². The minimum Gasteiger partial charge on any atom is -0.435 e. The van der Waals surface area contributed by atoms with Crippen molar-refractivity contribution < 1.29 is 4.74 Å². The van der Waals surface area contributed by atoms with Crippen LogP contribution in [-0.4, -0.2) is 15.0 Å². The number of pyridine rings is 1. The van der Waals surface area contributed by atoms with Crippen LogP contribution in [-0.2, 0) is 0 Å². The Hall–Kier alpha value is -2.20. The first-order valence-corrected chi connectivity index (χ1v) is 5.69. The Labute approximate surface area is 108 Å². The van der Waals surface area contributed by atoms with Crippen molar-refractivity contribution in [1.82, 2.24) is 15.0 Å². The van der Waals surface area contributed by atoms with Crippen LogP contribution in [0.4, 0.5) is 0 Å². The summed E-state index contributed by atoms with van der Waals surface area (Å²) in [5, 5.41) is 1.37. The third kappa shape index (κ3) is 1.98. The van der Waals surface area contributed by atoms with E-state index >= 15 is 0 Å². The fourth-order valence-corrected chi connectivity index (χ4v) is 1.78. The summed E-state index contributed by atoms with van der Waals surface area (Å²) in [6, 6.07) is 9.54. The van der Waals surface area contributed by atoms with Crippen LogP contribution in [0.5, 0.6) is 11.6 Å². The van der Waals surface area contributed by atoms with Crippen molar-refractivity contribution in [3.63, 3.8) is 0 Å². The second-order valence-corrected chi connectivity index (χ2v) is 4.02. The average Bonchev–Trinajstić information content (AvgIpc) is 2.42. The fourth-order valence-electron chi connectivity index (χ4n) is 1.64. The predicted molar refractivity (Wildman–Crippen MR) is 68.9 cm³/mol. The van der Waals surface area contributed by atoms with E-state index in [1.54, 1.807) is 6.20 Å². The minimum absolute atomic E-state index is 0.324. The van der Waals surface area contributed by atoms with E-state index in [0.29, 0.717) is 16.7 Å². The molecule has 0 aliphatic heterocycles. The van der Waals surface area contributed by atoms with Crippen molar-refractivity contribution in [3.8, 4) is 11.6 Å². The third-order valence-corrected chi connectivity index (χ3v) is 2.70. The van der Waals surface area contributed by atoms with Gasteiger partial charge in [0, 0.05) is 11.6 Å². The van der Waals surface area contributed by atoms with E-state index in [-0.39, 0.29) is 0 Å². The molecule has 0 atom stereocenters. The number of rotatable bonds is 2. The molecular formula is C13H8ClN3O. The zero-order chi connectivity index (χ0) is 12.4. The Bertz CT molecular complexity index is 697. The first-order valence-electron chi connectivity index (χ1n) is 5.32. The molecule has 88 valence electrons. The zero-order valence-electron chi connectivity index (χ0n) is 9.25. The molecule has 18 heavy (non-hydrogen) atoms. The van der Waals surface area contributed by atoms with Crippen molar-refractivity contribution in [1.29, 1.82) is 0 Å². The monoisotopic (exact) mass is 257 g/mol. The molecule has 0 N–H and O–H groups in total. The van der Waals surface area contributed by atoms with Gasteiger partial charge in [-0.1, -0.05) is 29.8 Å². The smallest absolute Gasteiger partial charge is 0.241 e. The Morgan fingerprint density at radius 2 is 1.94 bits per heavy atom. The molecule has 0 spiro atoms. The minimum atomic E-state index is 0.324. The van der Waals surface area contributed by atoms with E-state index in [9.17, 15) is 0 Å². The normalized spacial score (nSPS) is 10.5. The van der Waals surface area contributed by atoms with Crippen LogP contribution < -0.4 is 4.74 Å². The highest BCUT2D eigenvalue weighted by Crippen LogP contribution is 2.30. The summed E-state index contributed by atoms with van der Waals surface area (Å²) in [6.45, 7) is 0. The van der Waals surface area contributed by atoms with Gasteiger partial charge in [-0.05, 0) is 12.1 Å². The maximum Gasteiger partial charge on any atom is 0.241 e. The van der Waals surface area contributed by atoms with Crippen molar-refractivity contribution in [2.24, 2.45) is 0 Å². The second kappa shape index (κ2) is 4.58. The lowest BCUT2D eigenvalue weighted by molar-refractivity contribution is 0.466. The van der Waals surface area contributed by atoms with E-state index in [1.807, 2.05) is 30.3 Å². The molecule has 0 aliphatic rings. The molecule has 2 heterocycles. The van der Waals surface area contributed by atoms with E-state index in [1.165, 1.54) is 12.5 Å². The lowest BCUT2D eigenvalue weighted by atomic mass is 10.2. The molecule has 0 saturated heterocycles. The van der Waals surface area contributed by atoms with E-state index in [0.717, 1.165) is 10.9 Å². The maximum atomic E-state index is 5.95. The van der Waals surface area contributed by atoms with Gasteiger partial charge in [-0.25, -0.2) is 9.97 Å². The fraction of sp³-hybridized carbons (Fsp3) is 0. The highest BCUT2D eigenvalue weighted by Gasteiger charge is 2.07. The number of benzene rings is 1. The lowest BCUT2D eigenvalue weighted by Gasteiger charge is -2.07. The van der Waals surface area contributed by atoms with E-state index < -0.39 is 0 Å². The molecule has 0 amide bonds. The molecule has 1 aromatic carbocycles. The van der Waals surface area contributed by atoms with Crippen molar-refractivity contribution in [3.05, 3.63) is 54.1 Å². The molecule has 0 saturated carbocycles. The van der Waals surface area contributed by atoms with Crippen LogP contribution in [0.1, 0.15) is 0 Å². The zero-order valence-corrected chi connectivity index (χ0v) is 10.0. The lowest BCUT2D eigenvalue weighted by Crippen LogP contribution is -1.91. The number of hydrogen-bond donors (Lipinski definition) is 0. The third-order valence-electron chi connectivity index (χ3n) is 2.44. The average molecular weight is 258 g/mol. The number of hydrogen-bond acceptors (Lipinski definition) is 4. The van der Waals surface area contributed by atoms with Gasteiger partial charge >= 0.3 is 0 Å². The molecule has 0 radical (unpaired) electrons. The summed E-state index contributed by atoms with van der Waals surface area (Å²) < 4.78 is 5.68. The molecule has 5 heteroatoms. The standard InChI is InChI=1S/C13H8ClN3O/c14-10-7-15-8-17-13(10)18-11-5-1-3-9-4-2-6-16-12(9)11/h1-8H. The maximum absolute atomic E-state index is 5.95. The number of fused-ring (bicyclic) bond motifs is 1. The summed E-state index contributed by atoms with van der Waals surface area (Å²) in [4.78, 5) is 12.1. The first-order chi connectivity index (χ1) is 8.84. The molecule has 2 aromatic heterocycles. The molecule has 3 rings (SSSR count).